The van der Waals surface area contributed by atoms with Gasteiger partial charge in [0.25, 0.3) is 5.91 Å². The number of aromatic nitrogens is 5. The van der Waals surface area contributed by atoms with Crippen LogP contribution in [0.5, 0.6) is 0 Å². The van der Waals surface area contributed by atoms with Crippen LogP contribution in [-0.2, 0) is 5.41 Å². The summed E-state index contributed by atoms with van der Waals surface area (Å²) < 4.78 is 17.0. The maximum atomic E-state index is 15.2. The number of rotatable bonds is 5. The largest absolute Gasteiger partial charge is 0.350 e. The van der Waals surface area contributed by atoms with Crippen LogP contribution >= 0.6 is 0 Å². The molecule has 6 aromatic rings. The van der Waals surface area contributed by atoms with Gasteiger partial charge in [0.1, 0.15) is 11.5 Å². The molecular weight excluding hydrogens is 553 g/mol. The Balaban J connectivity index is 1.30. The molecule has 6 rings (SSSR count). The van der Waals surface area contributed by atoms with Crippen LogP contribution < -0.4 is 10.6 Å². The van der Waals surface area contributed by atoms with Gasteiger partial charge >= 0.3 is 0 Å². The predicted molar refractivity (Wildman–Crippen MR) is 171 cm³/mol. The number of aromatic amines is 1. The first-order chi connectivity index (χ1) is 21.2. The topological polar surface area (TPSA) is 100 Å². The lowest BCUT2D eigenvalue weighted by Crippen LogP contribution is -2.16. The van der Waals surface area contributed by atoms with Gasteiger partial charge in [-0.05, 0) is 77.4 Å². The van der Waals surface area contributed by atoms with Crippen molar-refractivity contribution in [1.82, 2.24) is 24.6 Å². The Morgan fingerprint density at radius 3 is 2.59 bits per heavy atom. The van der Waals surface area contributed by atoms with Crippen molar-refractivity contribution in [1.29, 1.82) is 0 Å². The zero-order valence-corrected chi connectivity index (χ0v) is 24.7. The summed E-state index contributed by atoms with van der Waals surface area (Å²) in [5.41, 5.74) is 7.26. The number of amides is 1. The summed E-state index contributed by atoms with van der Waals surface area (Å²) in [4.78, 5) is 22.2. The number of hydrogen-bond acceptors (Lipinski definition) is 5. The summed E-state index contributed by atoms with van der Waals surface area (Å²) in [5, 5.41) is 12.9. The van der Waals surface area contributed by atoms with E-state index in [-0.39, 0.29) is 11.0 Å². The quantitative estimate of drug-likeness (QED) is 0.186. The van der Waals surface area contributed by atoms with E-state index in [2.05, 4.69) is 69.5 Å². The van der Waals surface area contributed by atoms with Crippen molar-refractivity contribution in [2.75, 3.05) is 10.6 Å². The molecule has 4 aromatic heterocycles. The molecule has 0 fully saturated rings. The fourth-order valence-electron chi connectivity index (χ4n) is 4.82. The van der Waals surface area contributed by atoms with Crippen LogP contribution in [0.4, 0.5) is 21.5 Å². The molecule has 218 valence electrons. The summed E-state index contributed by atoms with van der Waals surface area (Å²) in [6.07, 6.45) is 10.5. The standard InChI is InChI=1S/C35H30FN7O/c1-22-13-31(36)30(34(44)42-27-15-25(24-7-5-11-37-18-24)14-26(17-27)35(2,3)4)16-23(22)9-10-29-21-38-33-32(8-6-12-43(29)33)41-28-19-39-40-20-28/h5-8,11-21,41H,1-4H3,(H,39,40)(H,42,44). The number of aryl methyl sites for hydroxylation is 1. The molecule has 0 aliphatic carbocycles. The lowest BCUT2D eigenvalue weighted by atomic mass is 9.85. The summed E-state index contributed by atoms with van der Waals surface area (Å²) in [5.74, 6) is 5.09. The number of halogens is 1. The third-order valence-electron chi connectivity index (χ3n) is 7.25. The summed E-state index contributed by atoms with van der Waals surface area (Å²) in [6, 6.07) is 16.4. The van der Waals surface area contributed by atoms with Crippen LogP contribution in [0.25, 0.3) is 16.8 Å². The third-order valence-corrected chi connectivity index (χ3v) is 7.25. The van der Waals surface area contributed by atoms with Crippen molar-refractivity contribution in [3.63, 3.8) is 0 Å². The molecule has 0 saturated heterocycles. The summed E-state index contributed by atoms with van der Waals surface area (Å²) >= 11 is 0. The number of anilines is 3. The first-order valence-electron chi connectivity index (χ1n) is 14.1. The molecule has 0 bridgehead atoms. The van der Waals surface area contributed by atoms with Gasteiger partial charge in [-0.25, -0.2) is 9.37 Å². The minimum atomic E-state index is -0.616. The zero-order valence-electron chi connectivity index (χ0n) is 24.7. The van der Waals surface area contributed by atoms with Gasteiger partial charge in [-0.2, -0.15) is 5.10 Å². The maximum absolute atomic E-state index is 15.2. The van der Waals surface area contributed by atoms with Crippen molar-refractivity contribution < 1.29 is 9.18 Å². The molecule has 1 amide bonds. The number of benzene rings is 2. The lowest BCUT2D eigenvalue weighted by molar-refractivity contribution is 0.102. The SMILES string of the molecule is Cc1cc(F)c(C(=O)Nc2cc(-c3cccnc3)cc(C(C)(C)C)c2)cc1C#Cc1cnc2c(Nc3cn[nH]c3)cccn12. The Labute approximate surface area is 254 Å². The van der Waals surface area contributed by atoms with Crippen molar-refractivity contribution in [3.8, 4) is 23.0 Å². The van der Waals surface area contributed by atoms with Crippen molar-refractivity contribution in [3.05, 3.63) is 126 Å². The zero-order chi connectivity index (χ0) is 30.8. The fraction of sp³-hybridized carbons (Fsp3) is 0.143. The van der Waals surface area contributed by atoms with E-state index in [0.717, 1.165) is 28.1 Å². The highest BCUT2D eigenvalue weighted by Crippen LogP contribution is 2.31. The van der Waals surface area contributed by atoms with Gasteiger partial charge in [-0.15, -0.1) is 0 Å². The van der Waals surface area contributed by atoms with E-state index >= 15 is 4.39 Å². The number of carbonyl (C=O) groups excluding carboxylic acids is 1. The smallest absolute Gasteiger partial charge is 0.258 e. The van der Waals surface area contributed by atoms with Crippen LogP contribution in [-0.4, -0.2) is 30.5 Å². The minimum Gasteiger partial charge on any atom is -0.350 e. The predicted octanol–water partition coefficient (Wildman–Crippen LogP) is 7.26. The molecule has 2 aromatic carbocycles. The van der Waals surface area contributed by atoms with E-state index < -0.39 is 11.7 Å². The van der Waals surface area contributed by atoms with E-state index in [1.165, 1.54) is 12.1 Å². The Morgan fingerprint density at radius 1 is 0.977 bits per heavy atom. The summed E-state index contributed by atoms with van der Waals surface area (Å²) in [7, 11) is 0. The number of H-pyrrole nitrogens is 1. The number of hydrogen-bond donors (Lipinski definition) is 3. The van der Waals surface area contributed by atoms with E-state index in [1.807, 2.05) is 47.0 Å². The fourth-order valence-corrected chi connectivity index (χ4v) is 4.82. The average molecular weight is 584 g/mol. The van der Waals surface area contributed by atoms with Gasteiger partial charge in [-0.3, -0.25) is 19.3 Å². The molecule has 8 nitrogen and oxygen atoms in total. The molecular formula is C35H30FN7O. The van der Waals surface area contributed by atoms with E-state index in [4.69, 9.17) is 0 Å². The van der Waals surface area contributed by atoms with Crippen molar-refractivity contribution in [2.24, 2.45) is 0 Å². The molecule has 0 aliphatic rings. The van der Waals surface area contributed by atoms with Crippen LogP contribution in [0.1, 0.15) is 53.5 Å². The normalized spacial score (nSPS) is 11.2. The monoisotopic (exact) mass is 583 g/mol. The molecule has 0 atom stereocenters. The molecule has 0 radical (unpaired) electrons. The van der Waals surface area contributed by atoms with Crippen LogP contribution in [0.2, 0.25) is 0 Å². The molecule has 0 unspecified atom stereocenters. The van der Waals surface area contributed by atoms with Crippen LogP contribution in [0.15, 0.2) is 91.8 Å². The van der Waals surface area contributed by atoms with Crippen molar-refractivity contribution in [2.45, 2.75) is 33.1 Å². The van der Waals surface area contributed by atoms with Crippen LogP contribution in [0, 0.1) is 24.6 Å². The Kier molecular flexibility index (Phi) is 7.41. The highest BCUT2D eigenvalue weighted by atomic mass is 19.1. The minimum absolute atomic E-state index is 0.0891. The Morgan fingerprint density at radius 2 is 1.84 bits per heavy atom. The van der Waals surface area contributed by atoms with E-state index in [0.29, 0.717) is 28.2 Å². The number of nitrogens with one attached hydrogen (secondary N) is 3. The van der Waals surface area contributed by atoms with Gasteiger partial charge in [0.15, 0.2) is 5.65 Å². The maximum Gasteiger partial charge on any atom is 0.258 e. The molecule has 4 heterocycles. The van der Waals surface area contributed by atoms with Gasteiger partial charge in [0.05, 0.1) is 29.3 Å². The second kappa shape index (κ2) is 11.5. The van der Waals surface area contributed by atoms with Gasteiger partial charge in [0, 0.05) is 41.6 Å². The van der Waals surface area contributed by atoms with E-state index in [9.17, 15) is 4.79 Å². The molecule has 9 heteroatoms. The second-order valence-corrected chi connectivity index (χ2v) is 11.5. The molecule has 3 N–H and O–H groups in total. The van der Waals surface area contributed by atoms with Gasteiger partial charge in [-0.1, -0.05) is 38.8 Å². The summed E-state index contributed by atoms with van der Waals surface area (Å²) in [6.45, 7) is 8.08. The number of pyridine rings is 2. The molecule has 0 saturated carbocycles. The average Bonchev–Trinajstić information content (AvgIpc) is 3.67. The number of imidazole rings is 1. The van der Waals surface area contributed by atoms with Gasteiger partial charge in [0.2, 0.25) is 0 Å². The van der Waals surface area contributed by atoms with Gasteiger partial charge < -0.3 is 10.6 Å². The number of carbonyl (C=O) groups is 1. The first-order valence-corrected chi connectivity index (χ1v) is 14.1. The highest BCUT2D eigenvalue weighted by Gasteiger charge is 2.19. The van der Waals surface area contributed by atoms with E-state index in [1.54, 1.807) is 37.9 Å². The second-order valence-electron chi connectivity index (χ2n) is 11.5. The third kappa shape index (κ3) is 5.92. The lowest BCUT2D eigenvalue weighted by Gasteiger charge is -2.22. The molecule has 44 heavy (non-hydrogen) atoms. The Bertz CT molecular complexity index is 2050. The number of fused-ring (bicyclic) bond motifs is 1. The molecule has 0 aliphatic heterocycles. The van der Waals surface area contributed by atoms with Crippen molar-refractivity contribution >= 4 is 28.6 Å². The highest BCUT2D eigenvalue weighted by molar-refractivity contribution is 6.05. The van der Waals surface area contributed by atoms with Crippen LogP contribution in [0.3, 0.4) is 0 Å². The first kappa shape index (κ1) is 28.4. The molecule has 0 spiro atoms. The number of nitrogens with zero attached hydrogens (tertiary/aromatic N) is 4. The Hall–Kier alpha value is -5.75.